The molecule has 0 aromatic heterocycles. The van der Waals surface area contributed by atoms with Gasteiger partial charge >= 0.3 is 0 Å². The molecule has 0 aromatic carbocycles. The van der Waals surface area contributed by atoms with Crippen molar-refractivity contribution >= 4 is 16.7 Å². The maximum atomic E-state index is 11.1. The van der Waals surface area contributed by atoms with E-state index >= 15 is 0 Å². The Labute approximate surface area is 88.3 Å². The fourth-order valence-electron chi connectivity index (χ4n) is 0.975. The van der Waals surface area contributed by atoms with Crippen LogP contribution in [0.5, 0.6) is 0 Å². The van der Waals surface area contributed by atoms with E-state index in [9.17, 15) is 9.00 Å². The third-order valence-electron chi connectivity index (χ3n) is 1.52. The van der Waals surface area contributed by atoms with E-state index in [1.165, 1.54) is 0 Å². The number of hydrogen-bond acceptors (Lipinski definition) is 3. The van der Waals surface area contributed by atoms with Crippen LogP contribution >= 0.6 is 0 Å². The molecule has 0 fully saturated rings. The van der Waals surface area contributed by atoms with E-state index < -0.39 is 10.8 Å². The van der Waals surface area contributed by atoms with Crippen molar-refractivity contribution in [1.82, 2.24) is 10.6 Å². The predicted molar refractivity (Wildman–Crippen MR) is 59.7 cm³/mol. The van der Waals surface area contributed by atoms with Gasteiger partial charge in [-0.05, 0) is 26.8 Å². The molecule has 1 atom stereocenters. The molecule has 0 heterocycles. The minimum atomic E-state index is -0.729. The number of carbonyl (C=O) groups excluding carboxylic acids is 1. The predicted octanol–water partition coefficient (Wildman–Crippen LogP) is -0.131. The van der Waals surface area contributed by atoms with E-state index in [4.69, 9.17) is 0 Å². The fourth-order valence-corrected chi connectivity index (χ4v) is 1.53. The molecule has 4 nitrogen and oxygen atoms in total. The largest absolute Gasteiger partial charge is 0.353 e. The van der Waals surface area contributed by atoms with Crippen LogP contribution < -0.4 is 10.6 Å². The van der Waals surface area contributed by atoms with Crippen LogP contribution in [0.4, 0.5) is 0 Å². The first kappa shape index (κ1) is 13.6. The lowest BCUT2D eigenvalue weighted by Crippen LogP contribution is -2.38. The van der Waals surface area contributed by atoms with Gasteiger partial charge in [0.1, 0.15) is 0 Å². The quantitative estimate of drug-likeness (QED) is 0.588. The van der Waals surface area contributed by atoms with E-state index in [1.54, 1.807) is 6.26 Å². The molecule has 2 N–H and O–H groups in total. The van der Waals surface area contributed by atoms with Crippen LogP contribution in [0.25, 0.3) is 0 Å². The monoisotopic (exact) mass is 220 g/mol. The third-order valence-corrected chi connectivity index (χ3v) is 2.38. The van der Waals surface area contributed by atoms with Gasteiger partial charge in [-0.15, -0.1) is 0 Å². The van der Waals surface area contributed by atoms with Gasteiger partial charge in [0.05, 0.1) is 6.54 Å². The fraction of sp³-hybridized carbons (Fsp3) is 0.889. The number of carbonyl (C=O) groups is 1. The normalized spacial score (nSPS) is 12.9. The second kappa shape index (κ2) is 7.94. The summed E-state index contributed by atoms with van der Waals surface area (Å²) in [4.78, 5) is 11.1. The summed E-state index contributed by atoms with van der Waals surface area (Å²) in [7, 11) is -0.729. The highest BCUT2D eigenvalue weighted by atomic mass is 32.2. The van der Waals surface area contributed by atoms with E-state index in [-0.39, 0.29) is 11.9 Å². The summed E-state index contributed by atoms with van der Waals surface area (Å²) in [5.74, 6) is 0.705. The molecule has 0 bridgehead atoms. The Balaban J connectivity index is 3.27. The minimum Gasteiger partial charge on any atom is -0.353 e. The molecule has 0 aliphatic carbocycles. The van der Waals surface area contributed by atoms with Crippen molar-refractivity contribution in [2.24, 2.45) is 0 Å². The zero-order valence-electron chi connectivity index (χ0n) is 9.13. The van der Waals surface area contributed by atoms with Crippen molar-refractivity contribution in [2.75, 3.05) is 25.1 Å². The smallest absolute Gasteiger partial charge is 0.234 e. The maximum Gasteiger partial charge on any atom is 0.234 e. The molecule has 5 heteroatoms. The molecule has 1 amide bonds. The lowest BCUT2D eigenvalue weighted by Gasteiger charge is -2.08. The van der Waals surface area contributed by atoms with Crippen LogP contribution in [0.2, 0.25) is 0 Å². The van der Waals surface area contributed by atoms with Gasteiger partial charge in [-0.25, -0.2) is 0 Å². The number of nitrogens with one attached hydrogen (secondary N) is 2. The van der Waals surface area contributed by atoms with Crippen LogP contribution in [-0.4, -0.2) is 41.3 Å². The molecule has 84 valence electrons. The molecule has 0 spiro atoms. The Morgan fingerprint density at radius 2 is 2.07 bits per heavy atom. The van der Waals surface area contributed by atoms with Gasteiger partial charge in [0, 0.05) is 28.9 Å². The van der Waals surface area contributed by atoms with Crippen LogP contribution in [0.3, 0.4) is 0 Å². The van der Waals surface area contributed by atoms with Gasteiger partial charge in [-0.1, -0.05) is 0 Å². The van der Waals surface area contributed by atoms with Crippen molar-refractivity contribution in [2.45, 2.75) is 26.3 Å². The number of hydrogen-bond donors (Lipinski definition) is 2. The van der Waals surface area contributed by atoms with Gasteiger partial charge in [-0.2, -0.15) is 0 Å². The number of amides is 1. The standard InChI is InChI=1S/C9H20N2O2S/c1-8(2)11-9(12)7-10-5-4-6-14(3)13/h8,10H,4-7H2,1-3H3,(H,11,12). The highest BCUT2D eigenvalue weighted by Crippen LogP contribution is 1.81. The molecule has 0 aliphatic rings. The van der Waals surface area contributed by atoms with E-state index in [0.717, 1.165) is 13.0 Å². The second-order valence-corrected chi connectivity index (χ2v) is 5.08. The van der Waals surface area contributed by atoms with Gasteiger partial charge < -0.3 is 10.6 Å². The van der Waals surface area contributed by atoms with Gasteiger partial charge in [0.2, 0.25) is 5.91 Å². The average Bonchev–Trinajstić information content (AvgIpc) is 2.01. The Bertz CT molecular complexity index is 195. The third kappa shape index (κ3) is 9.67. The summed E-state index contributed by atoms with van der Waals surface area (Å²) < 4.78 is 10.7. The molecular weight excluding hydrogens is 200 g/mol. The average molecular weight is 220 g/mol. The van der Waals surface area contributed by atoms with Crippen molar-refractivity contribution in [3.63, 3.8) is 0 Å². The summed E-state index contributed by atoms with van der Waals surface area (Å²) in [6, 6.07) is 0.187. The second-order valence-electron chi connectivity index (χ2n) is 3.53. The first-order valence-corrected chi connectivity index (χ1v) is 6.55. The highest BCUT2D eigenvalue weighted by molar-refractivity contribution is 7.84. The highest BCUT2D eigenvalue weighted by Gasteiger charge is 2.01. The summed E-state index contributed by atoms with van der Waals surface area (Å²) in [6.45, 7) is 4.94. The number of rotatable bonds is 7. The summed E-state index contributed by atoms with van der Waals surface area (Å²) in [5.41, 5.74) is 0. The molecule has 0 saturated carbocycles. The van der Waals surface area contributed by atoms with Gasteiger partial charge in [0.15, 0.2) is 0 Å². The van der Waals surface area contributed by atoms with E-state index in [2.05, 4.69) is 10.6 Å². The summed E-state index contributed by atoms with van der Waals surface area (Å²) in [5, 5.41) is 5.78. The van der Waals surface area contributed by atoms with Crippen LogP contribution in [0, 0.1) is 0 Å². The SMILES string of the molecule is CC(C)NC(=O)CNCCCS(C)=O. The molecule has 0 rings (SSSR count). The van der Waals surface area contributed by atoms with E-state index in [1.807, 2.05) is 13.8 Å². The van der Waals surface area contributed by atoms with Crippen molar-refractivity contribution < 1.29 is 9.00 Å². The molecule has 0 aliphatic heterocycles. The van der Waals surface area contributed by atoms with Crippen molar-refractivity contribution in [3.05, 3.63) is 0 Å². The first-order valence-electron chi connectivity index (χ1n) is 4.82. The Kier molecular flexibility index (Phi) is 7.70. The zero-order chi connectivity index (χ0) is 11.0. The lowest BCUT2D eigenvalue weighted by molar-refractivity contribution is -0.120. The maximum absolute atomic E-state index is 11.1. The van der Waals surface area contributed by atoms with Gasteiger partial charge in [-0.3, -0.25) is 9.00 Å². The van der Waals surface area contributed by atoms with Crippen LogP contribution in [-0.2, 0) is 15.6 Å². The Morgan fingerprint density at radius 3 is 2.57 bits per heavy atom. The molecule has 0 aromatic rings. The topological polar surface area (TPSA) is 58.2 Å². The minimum absolute atomic E-state index is 0.0117. The first-order chi connectivity index (χ1) is 6.52. The molecule has 14 heavy (non-hydrogen) atoms. The lowest BCUT2D eigenvalue weighted by atomic mass is 10.4. The molecule has 0 radical (unpaired) electrons. The Hall–Kier alpha value is -0.420. The van der Waals surface area contributed by atoms with E-state index in [0.29, 0.717) is 12.3 Å². The summed E-state index contributed by atoms with van der Waals surface area (Å²) >= 11 is 0. The molecular formula is C9H20N2O2S. The van der Waals surface area contributed by atoms with Crippen LogP contribution in [0.15, 0.2) is 0 Å². The Morgan fingerprint density at radius 1 is 1.43 bits per heavy atom. The summed E-state index contributed by atoms with van der Waals surface area (Å²) in [6.07, 6.45) is 2.53. The van der Waals surface area contributed by atoms with Crippen molar-refractivity contribution in [1.29, 1.82) is 0 Å². The van der Waals surface area contributed by atoms with Crippen molar-refractivity contribution in [3.8, 4) is 0 Å². The molecule has 0 saturated heterocycles. The molecule has 1 unspecified atom stereocenters. The van der Waals surface area contributed by atoms with Crippen LogP contribution in [0.1, 0.15) is 20.3 Å². The zero-order valence-corrected chi connectivity index (χ0v) is 9.95. The van der Waals surface area contributed by atoms with Gasteiger partial charge in [0.25, 0.3) is 0 Å².